The largest absolute Gasteiger partial charge is 0.353 e. The fraction of sp³-hybridized carbons (Fsp3) is 0.556. The van der Waals surface area contributed by atoms with Crippen molar-refractivity contribution in [2.24, 2.45) is 11.8 Å². The molecule has 5 nitrogen and oxygen atoms in total. The monoisotopic (exact) mass is 468 g/mol. The van der Waals surface area contributed by atoms with Gasteiger partial charge >= 0.3 is 0 Å². The third-order valence-electron chi connectivity index (χ3n) is 6.71. The molecule has 2 aromatic rings. The molecule has 0 aliphatic heterocycles. The average molecular weight is 469 g/mol. The van der Waals surface area contributed by atoms with Crippen molar-refractivity contribution in [1.82, 2.24) is 10.3 Å². The van der Waals surface area contributed by atoms with Crippen LogP contribution in [0.3, 0.4) is 0 Å². The number of hydrogen-bond acceptors (Lipinski definition) is 5. The molecule has 1 amide bonds. The number of nitrogens with one attached hydrogen (secondary N) is 1. The van der Waals surface area contributed by atoms with E-state index in [1.165, 1.54) is 25.0 Å². The Balaban J connectivity index is 1.75. The van der Waals surface area contributed by atoms with E-state index in [0.29, 0.717) is 25.2 Å². The highest BCUT2D eigenvalue weighted by Crippen LogP contribution is 2.30. The molecule has 3 rings (SSSR count). The van der Waals surface area contributed by atoms with Crippen molar-refractivity contribution < 1.29 is 14.4 Å². The van der Waals surface area contributed by atoms with E-state index in [9.17, 15) is 14.4 Å². The van der Waals surface area contributed by atoms with Gasteiger partial charge in [-0.25, -0.2) is 4.98 Å². The van der Waals surface area contributed by atoms with Crippen molar-refractivity contribution in [2.45, 2.75) is 84.1 Å². The van der Waals surface area contributed by atoms with E-state index in [-0.39, 0.29) is 29.9 Å². The molecule has 1 fully saturated rings. The molecule has 0 bridgehead atoms. The summed E-state index contributed by atoms with van der Waals surface area (Å²) in [5.74, 6) is -0.157. The zero-order valence-corrected chi connectivity index (χ0v) is 20.7. The van der Waals surface area contributed by atoms with Gasteiger partial charge < -0.3 is 10.1 Å². The first-order valence-corrected chi connectivity index (χ1v) is 13.0. The van der Waals surface area contributed by atoms with E-state index >= 15 is 0 Å². The molecule has 1 aliphatic carbocycles. The van der Waals surface area contributed by atoms with E-state index in [1.54, 1.807) is 11.3 Å². The fourth-order valence-corrected chi connectivity index (χ4v) is 5.91. The van der Waals surface area contributed by atoms with E-state index in [1.807, 2.05) is 6.07 Å². The minimum Gasteiger partial charge on any atom is -0.353 e. The van der Waals surface area contributed by atoms with Gasteiger partial charge in [-0.1, -0.05) is 38.8 Å². The third kappa shape index (κ3) is 7.32. The number of allylic oxidation sites excluding steroid dienone is 1. The molecular formula is C27H36N2O3S. The maximum Gasteiger partial charge on any atom is 0.224 e. The van der Waals surface area contributed by atoms with Crippen LogP contribution in [0.15, 0.2) is 30.9 Å². The number of ketones is 2. The van der Waals surface area contributed by atoms with E-state index < -0.39 is 5.92 Å². The van der Waals surface area contributed by atoms with E-state index in [4.69, 9.17) is 4.98 Å². The van der Waals surface area contributed by atoms with Gasteiger partial charge in [0.1, 0.15) is 5.78 Å². The van der Waals surface area contributed by atoms with Gasteiger partial charge in [0.05, 0.1) is 21.1 Å². The summed E-state index contributed by atoms with van der Waals surface area (Å²) in [6.07, 6.45) is 9.68. The summed E-state index contributed by atoms with van der Waals surface area (Å²) in [6.45, 7) is 7.23. The molecular weight excluding hydrogens is 432 g/mol. The number of hydrogen-bond donors (Lipinski definition) is 1. The molecule has 2 atom stereocenters. The molecule has 1 saturated carbocycles. The van der Waals surface area contributed by atoms with Crippen LogP contribution in [-0.2, 0) is 27.2 Å². The summed E-state index contributed by atoms with van der Waals surface area (Å²) in [6, 6.07) is 6.24. The predicted octanol–water partition coefficient (Wildman–Crippen LogP) is 5.60. The Morgan fingerprint density at radius 3 is 2.67 bits per heavy atom. The van der Waals surface area contributed by atoms with Crippen LogP contribution in [-0.4, -0.2) is 28.5 Å². The highest BCUT2D eigenvalue weighted by molar-refractivity contribution is 7.18. The molecule has 0 spiro atoms. The Morgan fingerprint density at radius 1 is 1.24 bits per heavy atom. The number of fused-ring (bicyclic) bond motifs is 1. The van der Waals surface area contributed by atoms with E-state index in [0.717, 1.165) is 47.3 Å². The quantitative estimate of drug-likeness (QED) is 0.412. The Hall–Kier alpha value is -2.34. The van der Waals surface area contributed by atoms with Gasteiger partial charge in [-0.05, 0) is 62.3 Å². The average Bonchev–Trinajstić information content (AvgIpc) is 3.22. The molecule has 33 heavy (non-hydrogen) atoms. The first-order valence-electron chi connectivity index (χ1n) is 12.2. The second-order valence-electron chi connectivity index (χ2n) is 9.29. The molecule has 1 aromatic carbocycles. The standard InChI is InChI=1S/C27H36N2O3S/c1-4-19-11-13-24-25(16-19)33-26(28-24)17-21(15-18(3)30)27(32)29-23(14-12-22(31)5-2)20-9-7-6-8-10-20/h5,11,13,16,20-21,23H,2,4,6-10,12,14-15,17H2,1,3H3,(H,29,32)/t21-,23+/m0/s1. The predicted molar refractivity (Wildman–Crippen MR) is 134 cm³/mol. The molecule has 1 aliphatic rings. The van der Waals surface area contributed by atoms with Crippen LogP contribution in [0.2, 0.25) is 0 Å². The number of Topliss-reactive ketones (excluding diaryl/α,β-unsaturated/α-hetero) is 1. The maximum atomic E-state index is 13.4. The number of rotatable bonds is 12. The molecule has 1 N–H and O–H groups in total. The van der Waals surface area contributed by atoms with Crippen LogP contribution >= 0.6 is 11.3 Å². The second-order valence-corrected chi connectivity index (χ2v) is 10.4. The lowest BCUT2D eigenvalue weighted by molar-refractivity contribution is -0.130. The van der Waals surface area contributed by atoms with Crippen molar-refractivity contribution in [3.05, 3.63) is 41.4 Å². The van der Waals surface area contributed by atoms with Gasteiger partial charge in [0, 0.05) is 25.3 Å². The van der Waals surface area contributed by atoms with Crippen molar-refractivity contribution in [3.8, 4) is 0 Å². The highest BCUT2D eigenvalue weighted by Gasteiger charge is 2.29. The van der Waals surface area contributed by atoms with Gasteiger partial charge in [0.25, 0.3) is 0 Å². The number of aryl methyl sites for hydroxylation is 1. The number of benzene rings is 1. The number of carbonyl (C=O) groups excluding carboxylic acids is 3. The van der Waals surface area contributed by atoms with Gasteiger partial charge in [0.15, 0.2) is 5.78 Å². The van der Waals surface area contributed by atoms with Gasteiger partial charge in [-0.3, -0.25) is 9.59 Å². The molecule has 1 heterocycles. The van der Waals surface area contributed by atoms with Gasteiger partial charge in [-0.2, -0.15) is 0 Å². The first-order chi connectivity index (χ1) is 15.9. The van der Waals surface area contributed by atoms with Crippen LogP contribution in [0, 0.1) is 11.8 Å². The molecule has 0 radical (unpaired) electrons. The van der Waals surface area contributed by atoms with Crippen molar-refractivity contribution in [3.63, 3.8) is 0 Å². The SMILES string of the molecule is C=CC(=O)CC[C@@H](NC(=O)[C@@H](CC(C)=O)Cc1nc2ccc(CC)cc2s1)C1CCCCC1. The fourth-order valence-electron chi connectivity index (χ4n) is 4.80. The topological polar surface area (TPSA) is 76.1 Å². The van der Waals surface area contributed by atoms with Gasteiger partial charge in [-0.15, -0.1) is 11.3 Å². The summed E-state index contributed by atoms with van der Waals surface area (Å²) >= 11 is 1.61. The summed E-state index contributed by atoms with van der Waals surface area (Å²) < 4.78 is 1.12. The van der Waals surface area contributed by atoms with E-state index in [2.05, 4.69) is 31.0 Å². The Bertz CT molecular complexity index is 990. The number of nitrogens with zero attached hydrogens (tertiary/aromatic N) is 1. The van der Waals surface area contributed by atoms with Crippen LogP contribution in [0.25, 0.3) is 10.2 Å². The zero-order chi connectivity index (χ0) is 23.8. The Morgan fingerprint density at radius 2 is 2.00 bits per heavy atom. The number of aromatic nitrogens is 1. The lowest BCUT2D eigenvalue weighted by Gasteiger charge is -2.32. The highest BCUT2D eigenvalue weighted by atomic mass is 32.1. The van der Waals surface area contributed by atoms with Crippen LogP contribution in [0.4, 0.5) is 0 Å². The summed E-state index contributed by atoms with van der Waals surface area (Å²) in [5, 5.41) is 4.13. The van der Waals surface area contributed by atoms with Gasteiger partial charge in [0.2, 0.25) is 5.91 Å². The Kier molecular flexibility index (Phi) is 9.36. The smallest absolute Gasteiger partial charge is 0.224 e. The minimum atomic E-state index is -0.449. The lowest BCUT2D eigenvalue weighted by Crippen LogP contribution is -2.44. The normalized spacial score (nSPS) is 16.3. The number of amides is 1. The van der Waals surface area contributed by atoms with Crippen LogP contribution in [0.5, 0.6) is 0 Å². The number of thiazole rings is 1. The van der Waals surface area contributed by atoms with Crippen LogP contribution < -0.4 is 5.32 Å². The first kappa shape index (κ1) is 25.3. The molecule has 0 unspecified atom stereocenters. The van der Waals surface area contributed by atoms with Crippen molar-refractivity contribution in [2.75, 3.05) is 0 Å². The molecule has 1 aromatic heterocycles. The van der Waals surface area contributed by atoms with Crippen LogP contribution in [0.1, 0.15) is 75.8 Å². The summed E-state index contributed by atoms with van der Waals surface area (Å²) in [7, 11) is 0. The lowest BCUT2D eigenvalue weighted by atomic mass is 9.81. The summed E-state index contributed by atoms with van der Waals surface area (Å²) in [4.78, 5) is 42.0. The minimum absolute atomic E-state index is 0.000539. The molecule has 0 saturated heterocycles. The Labute approximate surface area is 201 Å². The number of carbonyl (C=O) groups is 3. The van der Waals surface area contributed by atoms with Crippen molar-refractivity contribution in [1.29, 1.82) is 0 Å². The summed E-state index contributed by atoms with van der Waals surface area (Å²) in [5.41, 5.74) is 2.21. The second kappa shape index (κ2) is 12.2. The maximum absolute atomic E-state index is 13.4. The molecule has 178 valence electrons. The molecule has 6 heteroatoms. The third-order valence-corrected chi connectivity index (χ3v) is 7.75. The zero-order valence-electron chi connectivity index (χ0n) is 19.9. The van der Waals surface area contributed by atoms with Crippen molar-refractivity contribution >= 4 is 39.0 Å².